The van der Waals surface area contributed by atoms with Crippen molar-refractivity contribution in [2.45, 2.75) is 13.3 Å². The highest BCUT2D eigenvalue weighted by atomic mass is 32.2. The fourth-order valence-electron chi connectivity index (χ4n) is 3.27. The van der Waals surface area contributed by atoms with E-state index in [9.17, 15) is 31.0 Å². The van der Waals surface area contributed by atoms with Crippen LogP contribution in [0.5, 0.6) is 5.75 Å². The molecule has 0 saturated carbocycles. The van der Waals surface area contributed by atoms with Crippen LogP contribution in [0.1, 0.15) is 13.3 Å². The lowest BCUT2D eigenvalue weighted by Gasteiger charge is -2.17. The molecule has 2 heterocycles. The van der Waals surface area contributed by atoms with Crippen molar-refractivity contribution in [1.29, 1.82) is 0 Å². The smallest absolute Gasteiger partial charge is 0.266 e. The topological polar surface area (TPSA) is 153 Å². The van der Waals surface area contributed by atoms with Gasteiger partial charge in [-0.05, 0) is 43.2 Å². The van der Waals surface area contributed by atoms with Crippen LogP contribution in [0.15, 0.2) is 58.9 Å². The number of amides is 2. The molecule has 2 aliphatic heterocycles. The molecule has 1 aromatic carbocycles. The molecule has 0 bridgehead atoms. The first-order valence-electron chi connectivity index (χ1n) is 10.4. The van der Waals surface area contributed by atoms with E-state index in [0.717, 1.165) is 18.0 Å². The molecule has 36 heavy (non-hydrogen) atoms. The highest BCUT2D eigenvalue weighted by molar-refractivity contribution is 8.26. The molecule has 3 rings (SSSR count). The number of para-hydroxylation sites is 2. The lowest BCUT2D eigenvalue weighted by molar-refractivity contribution is -0.122. The predicted octanol–water partition coefficient (Wildman–Crippen LogP) is 1.43. The Labute approximate surface area is 218 Å². The molecule has 194 valence electrons. The molecule has 11 nitrogen and oxygen atoms in total. The monoisotopic (exact) mass is 572 g/mol. The summed E-state index contributed by atoms with van der Waals surface area (Å²) in [6.45, 7) is 1.45. The lowest BCUT2D eigenvalue weighted by atomic mass is 10.2. The Morgan fingerprint density at radius 3 is 2.58 bits per heavy atom. The van der Waals surface area contributed by atoms with Crippen molar-refractivity contribution < 1.29 is 35.7 Å². The van der Waals surface area contributed by atoms with E-state index >= 15 is 0 Å². The summed E-state index contributed by atoms with van der Waals surface area (Å²) < 4.78 is 63.2. The second-order valence-electron chi connectivity index (χ2n) is 7.82. The molecule has 1 aromatic rings. The summed E-state index contributed by atoms with van der Waals surface area (Å²) in [6, 6.07) is 6.94. The first-order chi connectivity index (χ1) is 16.7. The molecule has 15 heteroatoms. The molecular weight excluding hydrogens is 551 g/mol. The van der Waals surface area contributed by atoms with Gasteiger partial charge in [0.2, 0.25) is 15.9 Å². The van der Waals surface area contributed by atoms with Crippen LogP contribution in [0.25, 0.3) is 0 Å². The van der Waals surface area contributed by atoms with E-state index in [1.807, 2.05) is 4.72 Å². The zero-order chi connectivity index (χ0) is 26.7. The third-order valence-electron chi connectivity index (χ3n) is 4.73. The standard InChI is InChI=1S/C21H23N3O8S4/c1-14(12-17-20(26)23(21(33)34-17)10-5-11-36(29,30)31)8-9-19-24(13-18(25)22-35(2,27)28)15-6-3-4-7-16(15)32-19/h3-4,6-9,12H,5,10-11,13H2,1-2H3,(H,22,25)(H,29,30,31)/p-1/b14-8+,17-12+,19-9-. The number of hydrogen-bond acceptors (Lipinski definition) is 11. The summed E-state index contributed by atoms with van der Waals surface area (Å²) in [6.07, 6.45) is 5.70. The second kappa shape index (κ2) is 11.1. The second-order valence-corrected chi connectivity index (χ2v) is 12.8. The number of thiocarbonyl (C=S) groups is 1. The molecule has 0 atom stereocenters. The van der Waals surface area contributed by atoms with Gasteiger partial charge in [-0.3, -0.25) is 24.1 Å². The normalized spacial score (nSPS) is 18.7. The maximum atomic E-state index is 12.7. The van der Waals surface area contributed by atoms with Crippen LogP contribution >= 0.6 is 24.0 Å². The van der Waals surface area contributed by atoms with Crippen molar-refractivity contribution >= 4 is 65.9 Å². The minimum atomic E-state index is -4.38. The van der Waals surface area contributed by atoms with Gasteiger partial charge in [0.1, 0.15) is 10.9 Å². The van der Waals surface area contributed by atoms with Gasteiger partial charge < -0.3 is 9.29 Å². The Balaban J connectivity index is 1.76. The number of benzene rings is 1. The molecule has 0 spiro atoms. The van der Waals surface area contributed by atoms with E-state index in [1.54, 1.807) is 49.4 Å². The summed E-state index contributed by atoms with van der Waals surface area (Å²) in [5.74, 6) is -0.950. The van der Waals surface area contributed by atoms with Crippen LogP contribution in [0.3, 0.4) is 0 Å². The molecule has 0 radical (unpaired) electrons. The number of carbonyl (C=O) groups excluding carboxylic acids is 2. The van der Waals surface area contributed by atoms with Crippen molar-refractivity contribution in [2.75, 3.05) is 30.0 Å². The quantitative estimate of drug-likeness (QED) is 0.260. The Morgan fingerprint density at radius 2 is 1.92 bits per heavy atom. The number of ether oxygens (including phenoxy) is 1. The number of thioether (sulfide) groups is 1. The number of nitrogens with one attached hydrogen (secondary N) is 1. The predicted molar refractivity (Wildman–Crippen MR) is 138 cm³/mol. The molecule has 1 fully saturated rings. The van der Waals surface area contributed by atoms with Crippen LogP contribution in [-0.4, -0.2) is 67.5 Å². The van der Waals surface area contributed by atoms with Gasteiger partial charge >= 0.3 is 0 Å². The van der Waals surface area contributed by atoms with Gasteiger partial charge in [0, 0.05) is 12.3 Å². The zero-order valence-corrected chi connectivity index (χ0v) is 22.4. The van der Waals surface area contributed by atoms with Gasteiger partial charge in [0.25, 0.3) is 11.8 Å². The van der Waals surface area contributed by atoms with Gasteiger partial charge in [0.05, 0.1) is 27.0 Å². The van der Waals surface area contributed by atoms with Gasteiger partial charge in [-0.25, -0.2) is 16.8 Å². The minimum absolute atomic E-state index is 0.0207. The number of nitrogens with zero attached hydrogens (tertiary/aromatic N) is 2. The molecule has 2 aliphatic rings. The van der Waals surface area contributed by atoms with E-state index in [1.165, 1.54) is 9.80 Å². The maximum absolute atomic E-state index is 12.7. The molecular formula is C21H22N3O8S4-. The molecule has 1 saturated heterocycles. The van der Waals surface area contributed by atoms with Gasteiger partial charge in [-0.1, -0.05) is 42.2 Å². The van der Waals surface area contributed by atoms with Gasteiger partial charge in [-0.2, -0.15) is 0 Å². The number of hydrogen-bond donors (Lipinski definition) is 1. The highest BCUT2D eigenvalue weighted by Crippen LogP contribution is 2.38. The van der Waals surface area contributed by atoms with Crippen LogP contribution in [-0.2, 0) is 29.7 Å². The van der Waals surface area contributed by atoms with Crippen molar-refractivity contribution in [3.05, 3.63) is 58.9 Å². The van der Waals surface area contributed by atoms with Crippen LogP contribution in [0.4, 0.5) is 5.69 Å². The van der Waals surface area contributed by atoms with E-state index in [2.05, 4.69) is 0 Å². The average molecular weight is 573 g/mol. The Bertz CT molecular complexity index is 1400. The fraction of sp³-hybridized carbons (Fsp3) is 0.286. The third kappa shape index (κ3) is 7.64. The van der Waals surface area contributed by atoms with E-state index in [0.29, 0.717) is 21.9 Å². The number of anilines is 1. The number of fused-ring (bicyclic) bond motifs is 1. The molecule has 0 aliphatic carbocycles. The number of sulfonamides is 1. The minimum Gasteiger partial charge on any atom is -0.748 e. The summed E-state index contributed by atoms with van der Waals surface area (Å²) >= 11 is 6.26. The van der Waals surface area contributed by atoms with Crippen molar-refractivity contribution in [2.24, 2.45) is 0 Å². The Morgan fingerprint density at radius 1 is 1.22 bits per heavy atom. The first kappa shape index (κ1) is 27.9. The zero-order valence-electron chi connectivity index (χ0n) is 19.2. The summed E-state index contributed by atoms with van der Waals surface area (Å²) in [5.41, 5.74) is 1.23. The van der Waals surface area contributed by atoms with Crippen LogP contribution in [0, 0.1) is 0 Å². The summed E-state index contributed by atoms with van der Waals surface area (Å²) in [5, 5.41) is 0. The van der Waals surface area contributed by atoms with E-state index in [4.69, 9.17) is 17.0 Å². The SMILES string of the molecule is CC(=C\C=C1/Oc2ccccc2N1CC(=O)NS(C)(=O)=O)/C=C1/SC(=S)N(CCCS(=O)(=O)[O-])C1=O. The number of rotatable bonds is 9. The third-order valence-corrected chi connectivity index (χ3v) is 7.50. The summed E-state index contributed by atoms with van der Waals surface area (Å²) in [4.78, 5) is 28.0. The summed E-state index contributed by atoms with van der Waals surface area (Å²) in [7, 11) is -8.11. The van der Waals surface area contributed by atoms with Crippen LogP contribution < -0.4 is 14.4 Å². The Kier molecular flexibility index (Phi) is 8.61. The van der Waals surface area contributed by atoms with Crippen LogP contribution in [0.2, 0.25) is 0 Å². The maximum Gasteiger partial charge on any atom is 0.266 e. The number of allylic oxidation sites excluding steroid dienone is 4. The highest BCUT2D eigenvalue weighted by Gasteiger charge is 2.32. The Hall–Kier alpha value is -2.72. The lowest BCUT2D eigenvalue weighted by Crippen LogP contribution is -2.38. The number of carbonyl (C=O) groups is 2. The molecule has 2 amide bonds. The van der Waals surface area contributed by atoms with Gasteiger partial charge in [-0.15, -0.1) is 0 Å². The molecule has 0 aromatic heterocycles. The molecule has 1 N–H and O–H groups in total. The fourth-order valence-corrected chi connectivity index (χ4v) is 5.59. The van der Waals surface area contributed by atoms with Crippen molar-refractivity contribution in [3.8, 4) is 5.75 Å². The average Bonchev–Trinajstić information content (AvgIpc) is 3.22. The largest absolute Gasteiger partial charge is 0.748 e. The first-order valence-corrected chi connectivity index (χ1v) is 15.1. The van der Waals surface area contributed by atoms with Crippen molar-refractivity contribution in [1.82, 2.24) is 9.62 Å². The van der Waals surface area contributed by atoms with E-state index in [-0.39, 0.29) is 29.7 Å². The van der Waals surface area contributed by atoms with Gasteiger partial charge in [0.15, 0.2) is 5.75 Å². The molecule has 0 unspecified atom stereocenters. The van der Waals surface area contributed by atoms with Crippen molar-refractivity contribution in [3.63, 3.8) is 0 Å². The van der Waals surface area contributed by atoms with E-state index < -0.39 is 37.7 Å².